The Morgan fingerprint density at radius 1 is 0.546 bits per heavy atom. The molecular formula is C75H97N5O28. The lowest BCUT2D eigenvalue weighted by molar-refractivity contribution is -0.277. The number of Topliss-reactive ketones (excluding diaryl/α,β-unsaturated/α-hetero) is 2. The van der Waals surface area contributed by atoms with Gasteiger partial charge in [0.15, 0.2) is 35.5 Å². The van der Waals surface area contributed by atoms with E-state index in [2.05, 4.69) is 18.0 Å². The van der Waals surface area contributed by atoms with Crippen LogP contribution in [0, 0.1) is 12.8 Å². The Balaban J connectivity index is 0.807. The molecule has 0 spiro atoms. The van der Waals surface area contributed by atoms with Gasteiger partial charge in [0.05, 0.1) is 105 Å². The Morgan fingerprint density at radius 3 is 1.61 bits per heavy atom. The maximum absolute atomic E-state index is 14.6. The van der Waals surface area contributed by atoms with Gasteiger partial charge in [-0.15, -0.1) is 0 Å². The van der Waals surface area contributed by atoms with Crippen LogP contribution in [-0.2, 0) is 46.5 Å². The zero-order valence-electron chi connectivity index (χ0n) is 60.4. The number of aryl methyl sites for hydroxylation is 1. The summed E-state index contributed by atoms with van der Waals surface area (Å²) in [7, 11) is 2.85. The van der Waals surface area contributed by atoms with Crippen LogP contribution in [0.15, 0.2) is 85.0 Å². The van der Waals surface area contributed by atoms with E-state index in [9.17, 15) is 79.8 Å². The number of aliphatic hydroxyl groups excluding tert-OH is 10. The number of aliphatic hydroxyl groups is 10. The van der Waals surface area contributed by atoms with Crippen LogP contribution in [0.3, 0.4) is 0 Å². The highest BCUT2D eigenvalue weighted by Crippen LogP contribution is 2.44. The topological polar surface area (TPSA) is 454 Å². The van der Waals surface area contributed by atoms with Gasteiger partial charge in [-0.05, 0) is 111 Å². The predicted molar refractivity (Wildman–Crippen MR) is 379 cm³/mol. The van der Waals surface area contributed by atoms with E-state index in [4.69, 9.17) is 58.0 Å². The Labute approximate surface area is 622 Å². The van der Waals surface area contributed by atoms with Crippen LogP contribution in [0.4, 0.5) is 21.0 Å². The fourth-order valence-electron chi connectivity index (χ4n) is 14.0. The molecule has 4 aromatic carbocycles. The molecule has 1 saturated carbocycles. The Kier molecular flexibility index (Phi) is 28.7. The molecule has 12 N–H and O–H groups in total. The second kappa shape index (κ2) is 37.8. The number of hydrogen-bond acceptors (Lipinski definition) is 29. The molecule has 4 aromatic rings. The van der Waals surface area contributed by atoms with Crippen molar-refractivity contribution in [3.8, 4) is 28.7 Å². The van der Waals surface area contributed by atoms with Gasteiger partial charge in [0.25, 0.3) is 11.8 Å². The number of hydrogen-bond donors (Lipinski definition) is 11. The minimum atomic E-state index is -1.79. The summed E-state index contributed by atoms with van der Waals surface area (Å²) >= 11 is 0. The van der Waals surface area contributed by atoms with Crippen LogP contribution in [0.5, 0.6) is 28.7 Å². The van der Waals surface area contributed by atoms with Crippen LogP contribution in [0.2, 0.25) is 0 Å². The van der Waals surface area contributed by atoms with E-state index in [0.29, 0.717) is 48.0 Å². The highest BCUT2D eigenvalue weighted by Gasteiger charge is 2.50. The molecule has 3 saturated heterocycles. The van der Waals surface area contributed by atoms with Crippen molar-refractivity contribution in [3.63, 3.8) is 0 Å². The maximum atomic E-state index is 14.6. The van der Waals surface area contributed by atoms with E-state index in [0.717, 1.165) is 9.80 Å². The number of amides is 4. The number of benzene rings is 4. The minimum Gasteiger partial charge on any atom is -0.493 e. The smallest absolute Gasteiger partial charge is 0.416 e. The van der Waals surface area contributed by atoms with Gasteiger partial charge in [-0.2, -0.15) is 0 Å². The van der Waals surface area contributed by atoms with E-state index < -0.39 is 148 Å². The SMILES string of the molecule is C=C1C[C@H]2C(O)N(C(=O)OCc3ccc(O[C@@H]4C[C@H](CO)[C@@H](O)[C@H](O)[C@H]4O)c(C(=O)CCCOCCOCCON)c3)c3cc(OCCCCCOc4cc5c(cc4OC)C(=O)N4CC(=C)C[C@H]4C(O)N5C(=O)OCc4ccc(O[C@@H]5O[C@H](CO)[C@@H](O)[C@H](O)[C@H]5O)c(C(=O)CCCOC)c4)c(C)cc3C(=O)N2C1. The number of nitrogens with two attached hydrogens (primary N) is 1. The molecule has 590 valence electrons. The van der Waals surface area contributed by atoms with Crippen molar-refractivity contribution in [2.24, 2.45) is 11.8 Å². The molecule has 0 radical (unpaired) electrons. The summed E-state index contributed by atoms with van der Waals surface area (Å²) in [5, 5.41) is 108. The highest BCUT2D eigenvalue weighted by atomic mass is 16.7. The van der Waals surface area contributed by atoms with Crippen molar-refractivity contribution in [2.45, 2.75) is 164 Å². The number of unbranched alkanes of at least 4 members (excludes halogenated alkanes) is 2. The van der Waals surface area contributed by atoms with Gasteiger partial charge in [-0.1, -0.05) is 36.4 Å². The van der Waals surface area contributed by atoms with Crippen molar-refractivity contribution in [1.29, 1.82) is 0 Å². The van der Waals surface area contributed by atoms with Crippen molar-refractivity contribution in [1.82, 2.24) is 9.80 Å². The Morgan fingerprint density at radius 2 is 1.06 bits per heavy atom. The molecule has 6 aliphatic rings. The minimum absolute atomic E-state index is 0.00239. The molecule has 108 heavy (non-hydrogen) atoms. The molecule has 1 aliphatic carbocycles. The lowest BCUT2D eigenvalue weighted by Gasteiger charge is -2.39. The van der Waals surface area contributed by atoms with Gasteiger partial charge in [0, 0.05) is 70.9 Å². The fraction of sp³-hybridized carbons (Fsp3) is 0.547. The van der Waals surface area contributed by atoms with E-state index in [-0.39, 0.29) is 172 Å². The zero-order chi connectivity index (χ0) is 77.6. The van der Waals surface area contributed by atoms with Gasteiger partial charge in [0.1, 0.15) is 73.2 Å². The van der Waals surface area contributed by atoms with Crippen LogP contribution in [0.1, 0.15) is 122 Å². The zero-order valence-corrected chi connectivity index (χ0v) is 60.4. The normalized spacial score (nSPS) is 25.4. The lowest BCUT2D eigenvalue weighted by Crippen LogP contribution is -2.60. The largest absolute Gasteiger partial charge is 0.493 e. The Hall–Kier alpha value is -8.46. The van der Waals surface area contributed by atoms with Crippen LogP contribution < -0.4 is 39.4 Å². The van der Waals surface area contributed by atoms with Gasteiger partial charge >= 0.3 is 12.2 Å². The summed E-state index contributed by atoms with van der Waals surface area (Å²) in [6, 6.07) is 12.6. The first kappa shape index (κ1) is 82.0. The fourth-order valence-corrected chi connectivity index (χ4v) is 14.0. The number of methoxy groups -OCH3 is 2. The summed E-state index contributed by atoms with van der Waals surface area (Å²) in [5.74, 6) is 2.76. The molecular weight excluding hydrogens is 1420 g/mol. The third kappa shape index (κ3) is 18.9. The van der Waals surface area contributed by atoms with Crippen LogP contribution in [-0.4, -0.2) is 269 Å². The van der Waals surface area contributed by atoms with E-state index in [1.54, 1.807) is 13.0 Å². The summed E-state index contributed by atoms with van der Waals surface area (Å²) < 4.78 is 63.8. The van der Waals surface area contributed by atoms with E-state index in [1.807, 2.05) is 0 Å². The average Bonchev–Trinajstić information content (AvgIpc) is 1.60. The number of fused-ring (bicyclic) bond motifs is 4. The van der Waals surface area contributed by atoms with E-state index in [1.165, 1.54) is 78.6 Å². The molecule has 0 aromatic heterocycles. The summed E-state index contributed by atoms with van der Waals surface area (Å²) in [6.45, 7) is 9.46. The molecule has 0 bridgehead atoms. The highest BCUT2D eigenvalue weighted by molar-refractivity contribution is 6.07. The number of anilines is 2. The quantitative estimate of drug-likeness (QED) is 0.0136. The van der Waals surface area contributed by atoms with Crippen molar-refractivity contribution >= 4 is 46.9 Å². The average molecular weight is 1520 g/mol. The third-order valence-corrected chi connectivity index (χ3v) is 19.9. The summed E-state index contributed by atoms with van der Waals surface area (Å²) in [5.41, 5.74) is 2.37. The standard InChI is InChI=1S/C75H97N5O28/c1-40-25-52-71(93)79(74(95)103-38-43-13-15-56(106-61-30-45(36-81)63(85)66(88)64(61)86)48(28-43)55(84)12-10-18-99-21-22-100-23-24-105-76)50-32-58(42(3)27-46(50)69(91)77(52)34-40)101-19-7-6-8-20-102-60-33-51-47(31-59(60)98-5)70(92)78-35-41(2)26-53(78)72(94)80(51)75(96)104-39-44-14-16-57(49(29-44)54(83)11-9-17-97-4)107-73-68(90)67(89)65(87)62(37-82)108-73/h13-16,27-29,31-33,45,52-53,61-68,71-73,81-82,85-90,93-94H,1-2,6-12,17-26,30,34-39,76H2,3-5H3/t45-,52+,53+,61-,62-,63-,64+,65-,66+,67+,68-,71?,72?,73-/m1/s1. The molecule has 33 heteroatoms. The number of rotatable bonds is 35. The molecule has 5 aliphatic heterocycles. The summed E-state index contributed by atoms with van der Waals surface area (Å²) in [6.07, 6.45) is -17.3. The van der Waals surface area contributed by atoms with Crippen LogP contribution in [0.25, 0.3) is 0 Å². The molecule has 4 fully saturated rings. The number of ketones is 2. The van der Waals surface area contributed by atoms with Gasteiger partial charge in [0.2, 0.25) is 6.29 Å². The molecule has 33 nitrogen and oxygen atoms in total. The Bertz CT molecular complexity index is 3860. The second-order valence-electron chi connectivity index (χ2n) is 27.4. The predicted octanol–water partition coefficient (Wildman–Crippen LogP) is 2.64. The van der Waals surface area contributed by atoms with Crippen molar-refractivity contribution in [2.75, 3.05) is 103 Å². The van der Waals surface area contributed by atoms with Gasteiger partial charge in [-0.3, -0.25) is 19.2 Å². The number of carbonyl (C=O) groups is 6. The molecule has 2 unspecified atom stereocenters. The number of carbonyl (C=O) groups excluding carboxylic acids is 6. The number of ether oxygens (including phenoxy) is 11. The maximum Gasteiger partial charge on any atom is 0.416 e. The monoisotopic (exact) mass is 1520 g/mol. The third-order valence-electron chi connectivity index (χ3n) is 19.9. The number of nitrogens with zero attached hydrogens (tertiary/aromatic N) is 4. The van der Waals surface area contributed by atoms with Gasteiger partial charge < -0.3 is 118 Å². The first-order chi connectivity index (χ1) is 51.9. The van der Waals surface area contributed by atoms with Crippen molar-refractivity contribution in [3.05, 3.63) is 124 Å². The first-order valence-electron chi connectivity index (χ1n) is 35.8. The second-order valence-corrected chi connectivity index (χ2v) is 27.4. The lowest BCUT2D eigenvalue weighted by atomic mass is 9.81. The van der Waals surface area contributed by atoms with Crippen LogP contribution >= 0.6 is 0 Å². The molecule has 10 rings (SSSR count). The first-order valence-corrected chi connectivity index (χ1v) is 35.8. The summed E-state index contributed by atoms with van der Waals surface area (Å²) in [4.78, 5) is 95.1. The molecule has 5 heterocycles. The van der Waals surface area contributed by atoms with E-state index >= 15 is 0 Å². The molecule has 4 amide bonds. The van der Waals surface area contributed by atoms with Crippen molar-refractivity contribution < 1.29 is 137 Å². The van der Waals surface area contributed by atoms with Gasteiger partial charge in [-0.25, -0.2) is 25.3 Å². The molecule has 14 atom stereocenters.